The maximum atomic E-state index is 10.7. The van der Waals surface area contributed by atoms with Gasteiger partial charge in [0.1, 0.15) is 5.69 Å². The summed E-state index contributed by atoms with van der Waals surface area (Å²) >= 11 is 3.11. The molecule has 0 amide bonds. The van der Waals surface area contributed by atoms with Gasteiger partial charge in [-0.3, -0.25) is 5.10 Å². The Kier molecular flexibility index (Phi) is 3.23. The van der Waals surface area contributed by atoms with E-state index in [1.807, 2.05) is 0 Å². The van der Waals surface area contributed by atoms with Crippen molar-refractivity contribution in [2.45, 2.75) is 6.42 Å². The van der Waals surface area contributed by atoms with Gasteiger partial charge >= 0.3 is 11.9 Å². The molecule has 0 atom stereocenters. The molecule has 0 aromatic carbocycles. The zero-order valence-electron chi connectivity index (χ0n) is 6.95. The lowest BCUT2D eigenvalue weighted by molar-refractivity contribution is 0.0683. The molecule has 7 heteroatoms. The van der Waals surface area contributed by atoms with E-state index in [9.17, 15) is 9.59 Å². The molecule has 0 saturated carbocycles. The van der Waals surface area contributed by atoms with E-state index in [1.54, 1.807) is 0 Å². The zero-order valence-corrected chi connectivity index (χ0v) is 8.54. The van der Waals surface area contributed by atoms with E-state index < -0.39 is 11.9 Å². The molecule has 0 aliphatic rings. The smallest absolute Gasteiger partial charge is 0.356 e. The molecule has 0 fully saturated rings. The van der Waals surface area contributed by atoms with Crippen molar-refractivity contribution in [1.82, 2.24) is 10.2 Å². The molecule has 0 saturated heterocycles. The lowest BCUT2D eigenvalue weighted by Gasteiger charge is -1.96. The van der Waals surface area contributed by atoms with Crippen LogP contribution in [-0.2, 0) is 6.42 Å². The van der Waals surface area contributed by atoms with Crippen molar-refractivity contribution < 1.29 is 19.8 Å². The average Bonchev–Trinajstić information content (AvgIpc) is 2.48. The van der Waals surface area contributed by atoms with E-state index >= 15 is 0 Å². The molecule has 0 aliphatic heterocycles. The Morgan fingerprint density at radius 2 is 2.00 bits per heavy atom. The van der Waals surface area contributed by atoms with Crippen molar-refractivity contribution in [1.29, 1.82) is 0 Å². The number of carboxylic acids is 2. The number of aromatic nitrogens is 2. The molecule has 3 N–H and O–H groups in total. The van der Waals surface area contributed by atoms with Gasteiger partial charge in [-0.25, -0.2) is 9.59 Å². The molecule has 0 radical (unpaired) electrons. The maximum Gasteiger partial charge on any atom is 0.356 e. The number of rotatable bonds is 4. The van der Waals surface area contributed by atoms with Crippen LogP contribution in [0.25, 0.3) is 0 Å². The maximum absolute atomic E-state index is 10.7. The number of hydrogen-bond donors (Lipinski definition) is 3. The highest BCUT2D eigenvalue weighted by Gasteiger charge is 2.21. The second-order valence-corrected chi connectivity index (χ2v) is 3.27. The van der Waals surface area contributed by atoms with E-state index in [-0.39, 0.29) is 17.0 Å². The summed E-state index contributed by atoms with van der Waals surface area (Å²) in [5.41, 5.74) is -0.189. The van der Waals surface area contributed by atoms with Crippen molar-refractivity contribution in [3.8, 4) is 0 Å². The second kappa shape index (κ2) is 4.23. The van der Waals surface area contributed by atoms with Gasteiger partial charge in [0, 0.05) is 10.9 Å². The molecular weight excluding hydrogens is 256 g/mol. The van der Waals surface area contributed by atoms with Crippen LogP contribution in [0.2, 0.25) is 0 Å². The number of carboxylic acid groups (broad SMARTS) is 2. The Morgan fingerprint density at radius 3 is 2.43 bits per heavy atom. The van der Waals surface area contributed by atoms with E-state index in [1.165, 1.54) is 0 Å². The standard InChI is InChI=1S/C7H7BrN2O4/c8-2-1-3-4(6(11)12)9-10-5(3)7(13)14/h1-2H2,(H,9,10)(H,11,12)(H,13,14). The minimum atomic E-state index is -1.23. The topological polar surface area (TPSA) is 103 Å². The number of H-pyrrole nitrogens is 1. The highest BCUT2D eigenvalue weighted by atomic mass is 79.9. The van der Waals surface area contributed by atoms with E-state index in [2.05, 4.69) is 26.1 Å². The summed E-state index contributed by atoms with van der Waals surface area (Å²) in [4.78, 5) is 21.3. The third kappa shape index (κ3) is 1.92. The van der Waals surface area contributed by atoms with E-state index in [4.69, 9.17) is 10.2 Å². The van der Waals surface area contributed by atoms with Crippen molar-refractivity contribution in [3.05, 3.63) is 17.0 Å². The van der Waals surface area contributed by atoms with Crippen LogP contribution in [0.1, 0.15) is 26.5 Å². The number of halogens is 1. The van der Waals surface area contributed by atoms with Crippen LogP contribution >= 0.6 is 15.9 Å². The van der Waals surface area contributed by atoms with Crippen molar-refractivity contribution >= 4 is 27.9 Å². The Bertz CT molecular complexity index is 342. The van der Waals surface area contributed by atoms with Gasteiger partial charge < -0.3 is 10.2 Å². The first-order valence-electron chi connectivity index (χ1n) is 3.67. The molecule has 1 heterocycles. The minimum absolute atomic E-state index is 0.165. The van der Waals surface area contributed by atoms with Gasteiger partial charge in [-0.15, -0.1) is 0 Å². The van der Waals surface area contributed by atoms with Crippen LogP contribution in [0, 0.1) is 0 Å². The van der Waals surface area contributed by atoms with Gasteiger partial charge in [0.2, 0.25) is 0 Å². The number of carbonyl (C=O) groups is 2. The van der Waals surface area contributed by atoms with Gasteiger partial charge in [-0.1, -0.05) is 15.9 Å². The number of alkyl halides is 1. The fourth-order valence-electron chi connectivity index (χ4n) is 1.06. The molecule has 76 valence electrons. The lowest BCUT2D eigenvalue weighted by Crippen LogP contribution is -2.06. The number of nitrogens with one attached hydrogen (secondary N) is 1. The highest BCUT2D eigenvalue weighted by molar-refractivity contribution is 9.09. The minimum Gasteiger partial charge on any atom is -0.477 e. The molecule has 0 bridgehead atoms. The van der Waals surface area contributed by atoms with Gasteiger partial charge in [0.15, 0.2) is 5.69 Å². The van der Waals surface area contributed by atoms with Crippen LogP contribution in [0.5, 0.6) is 0 Å². The summed E-state index contributed by atoms with van der Waals surface area (Å²) in [6.45, 7) is 0. The van der Waals surface area contributed by atoms with Crippen molar-refractivity contribution in [3.63, 3.8) is 0 Å². The first-order valence-corrected chi connectivity index (χ1v) is 4.79. The van der Waals surface area contributed by atoms with E-state index in [0.717, 1.165) is 0 Å². The molecule has 0 spiro atoms. The number of hydrogen-bond acceptors (Lipinski definition) is 3. The van der Waals surface area contributed by atoms with Crippen LogP contribution < -0.4 is 0 Å². The highest BCUT2D eigenvalue weighted by Crippen LogP contribution is 2.13. The Hall–Kier alpha value is -1.37. The van der Waals surface area contributed by atoms with Crippen LogP contribution in [0.15, 0.2) is 0 Å². The van der Waals surface area contributed by atoms with Gasteiger partial charge in [0.25, 0.3) is 0 Å². The molecule has 1 aromatic rings. The van der Waals surface area contributed by atoms with Crippen LogP contribution in [0.3, 0.4) is 0 Å². The third-order valence-corrected chi connectivity index (χ3v) is 2.02. The quantitative estimate of drug-likeness (QED) is 0.695. The summed E-state index contributed by atoms with van der Waals surface area (Å²) in [5.74, 6) is -2.44. The normalized spacial score (nSPS) is 10.1. The summed E-state index contributed by atoms with van der Waals surface area (Å²) < 4.78 is 0. The zero-order chi connectivity index (χ0) is 10.7. The van der Waals surface area contributed by atoms with Crippen LogP contribution in [-0.4, -0.2) is 37.7 Å². The van der Waals surface area contributed by atoms with Gasteiger partial charge in [0.05, 0.1) is 0 Å². The summed E-state index contributed by atoms with van der Waals surface area (Å²) in [6.07, 6.45) is 0.305. The fraction of sp³-hybridized carbons (Fsp3) is 0.286. The molecule has 6 nitrogen and oxygen atoms in total. The summed E-state index contributed by atoms with van der Waals surface area (Å²) in [5, 5.41) is 23.5. The fourth-order valence-corrected chi connectivity index (χ4v) is 1.45. The van der Waals surface area contributed by atoms with Gasteiger partial charge in [-0.05, 0) is 6.42 Å². The van der Waals surface area contributed by atoms with Crippen molar-refractivity contribution in [2.75, 3.05) is 5.33 Å². The van der Waals surface area contributed by atoms with Crippen molar-refractivity contribution in [2.24, 2.45) is 0 Å². The summed E-state index contributed by atoms with van der Waals surface area (Å²) in [7, 11) is 0. The first kappa shape index (κ1) is 10.7. The van der Waals surface area contributed by atoms with Crippen LogP contribution in [0.4, 0.5) is 0 Å². The average molecular weight is 263 g/mol. The molecular formula is C7H7BrN2O4. The first-order chi connectivity index (χ1) is 6.57. The molecule has 0 aliphatic carbocycles. The Morgan fingerprint density at radius 1 is 1.36 bits per heavy atom. The lowest BCUT2D eigenvalue weighted by atomic mass is 10.1. The predicted molar refractivity (Wildman–Crippen MR) is 50.0 cm³/mol. The SMILES string of the molecule is O=C(O)c1n[nH]c(C(=O)O)c1CCBr. The second-order valence-electron chi connectivity index (χ2n) is 2.48. The molecule has 0 unspecified atom stereocenters. The number of aromatic amines is 1. The Balaban J connectivity index is 3.19. The molecule has 1 rings (SSSR count). The summed E-state index contributed by atoms with van der Waals surface area (Å²) in [6, 6.07) is 0. The largest absolute Gasteiger partial charge is 0.477 e. The number of nitrogens with zero attached hydrogens (tertiary/aromatic N) is 1. The number of aromatic carboxylic acids is 2. The molecule has 1 aromatic heterocycles. The van der Waals surface area contributed by atoms with Gasteiger partial charge in [-0.2, -0.15) is 5.10 Å². The Labute approximate surface area is 87.1 Å². The van der Waals surface area contributed by atoms with E-state index in [0.29, 0.717) is 11.8 Å². The predicted octanol–water partition coefficient (Wildman–Crippen LogP) is 0.743. The monoisotopic (exact) mass is 262 g/mol. The third-order valence-electron chi connectivity index (χ3n) is 1.63. The molecule has 14 heavy (non-hydrogen) atoms.